The van der Waals surface area contributed by atoms with E-state index in [-0.39, 0.29) is 5.56 Å². The quantitative estimate of drug-likeness (QED) is 0.759. The molecule has 2 aromatic rings. The number of hydrogen-bond donors (Lipinski definition) is 1. The molecule has 0 atom stereocenters. The van der Waals surface area contributed by atoms with Gasteiger partial charge in [-0.3, -0.25) is 0 Å². The van der Waals surface area contributed by atoms with Crippen molar-refractivity contribution in [1.29, 1.82) is 0 Å². The first-order valence-electron chi connectivity index (χ1n) is 5.67. The minimum absolute atomic E-state index is 0.0867. The van der Waals surface area contributed by atoms with E-state index in [4.69, 9.17) is 0 Å². The average molecular weight is 249 g/mol. The summed E-state index contributed by atoms with van der Waals surface area (Å²) >= 11 is 0. The highest BCUT2D eigenvalue weighted by Gasteiger charge is 2.15. The number of benzene rings is 2. The van der Waals surface area contributed by atoms with Crippen LogP contribution in [0.4, 0.5) is 18.9 Å². The summed E-state index contributed by atoms with van der Waals surface area (Å²) in [4.78, 5) is 0. The third kappa shape index (κ3) is 1.74. The molecule has 2 aromatic carbocycles. The van der Waals surface area contributed by atoms with Gasteiger partial charge in [0.25, 0.3) is 0 Å². The molecule has 0 saturated heterocycles. The first kappa shape index (κ1) is 11.1. The Bertz CT molecular complexity index is 623. The van der Waals surface area contributed by atoms with Gasteiger partial charge in [-0.1, -0.05) is 6.07 Å². The standard InChI is InChI=1S/C14H10F3N/c15-11-7-13(17)12(16)6-10(11)8-1-2-14-9(5-8)3-4-18-14/h1-2,5-7,18H,3-4H2. The van der Waals surface area contributed by atoms with Crippen molar-refractivity contribution in [2.75, 3.05) is 11.9 Å². The molecule has 3 rings (SSSR count). The van der Waals surface area contributed by atoms with E-state index in [1.807, 2.05) is 12.1 Å². The van der Waals surface area contributed by atoms with Gasteiger partial charge < -0.3 is 5.32 Å². The minimum Gasteiger partial charge on any atom is -0.384 e. The van der Waals surface area contributed by atoms with Crippen molar-refractivity contribution in [3.63, 3.8) is 0 Å². The van der Waals surface area contributed by atoms with Crippen LogP contribution in [-0.2, 0) is 6.42 Å². The molecule has 0 aromatic heterocycles. The second-order valence-corrected chi connectivity index (χ2v) is 4.29. The fourth-order valence-electron chi connectivity index (χ4n) is 2.22. The van der Waals surface area contributed by atoms with Crippen LogP contribution in [0.25, 0.3) is 11.1 Å². The van der Waals surface area contributed by atoms with Gasteiger partial charge in [0, 0.05) is 23.9 Å². The van der Waals surface area contributed by atoms with Crippen molar-refractivity contribution >= 4 is 5.69 Å². The molecule has 18 heavy (non-hydrogen) atoms. The Balaban J connectivity index is 2.12. The summed E-state index contributed by atoms with van der Waals surface area (Å²) in [6.07, 6.45) is 0.856. The van der Waals surface area contributed by atoms with Crippen molar-refractivity contribution in [3.05, 3.63) is 53.3 Å². The van der Waals surface area contributed by atoms with Crippen LogP contribution in [0.1, 0.15) is 5.56 Å². The van der Waals surface area contributed by atoms with Gasteiger partial charge in [0.1, 0.15) is 5.82 Å². The molecular weight excluding hydrogens is 239 g/mol. The third-order valence-electron chi connectivity index (χ3n) is 3.14. The molecule has 1 aliphatic rings. The highest BCUT2D eigenvalue weighted by molar-refractivity contribution is 5.70. The van der Waals surface area contributed by atoms with Crippen LogP contribution >= 0.6 is 0 Å². The van der Waals surface area contributed by atoms with Gasteiger partial charge in [0.05, 0.1) is 0 Å². The van der Waals surface area contributed by atoms with Crippen LogP contribution in [-0.4, -0.2) is 6.54 Å². The van der Waals surface area contributed by atoms with E-state index >= 15 is 0 Å². The molecule has 0 bridgehead atoms. The molecular formula is C14H10F3N. The van der Waals surface area contributed by atoms with Gasteiger partial charge in [-0.05, 0) is 35.7 Å². The molecule has 1 N–H and O–H groups in total. The summed E-state index contributed by atoms with van der Waals surface area (Å²) < 4.78 is 39.7. The summed E-state index contributed by atoms with van der Waals surface area (Å²) in [6.45, 7) is 0.846. The molecule has 4 heteroatoms. The van der Waals surface area contributed by atoms with E-state index in [0.717, 1.165) is 30.3 Å². The smallest absolute Gasteiger partial charge is 0.161 e. The molecule has 92 valence electrons. The van der Waals surface area contributed by atoms with E-state index in [1.165, 1.54) is 0 Å². The van der Waals surface area contributed by atoms with Gasteiger partial charge in [0.15, 0.2) is 11.6 Å². The molecule has 0 saturated carbocycles. The Kier molecular flexibility index (Phi) is 2.51. The maximum atomic E-state index is 13.6. The zero-order valence-corrected chi connectivity index (χ0v) is 9.43. The zero-order valence-electron chi connectivity index (χ0n) is 9.43. The fourth-order valence-corrected chi connectivity index (χ4v) is 2.22. The molecule has 1 aliphatic heterocycles. The second kappa shape index (κ2) is 4.05. The molecule has 0 spiro atoms. The minimum atomic E-state index is -1.17. The topological polar surface area (TPSA) is 12.0 Å². The van der Waals surface area contributed by atoms with Crippen molar-refractivity contribution in [2.24, 2.45) is 0 Å². The van der Waals surface area contributed by atoms with E-state index < -0.39 is 17.5 Å². The van der Waals surface area contributed by atoms with E-state index in [1.54, 1.807) is 6.07 Å². The molecule has 0 aliphatic carbocycles. The molecule has 0 radical (unpaired) electrons. The molecule has 0 fully saturated rings. The largest absolute Gasteiger partial charge is 0.384 e. The lowest BCUT2D eigenvalue weighted by Crippen LogP contribution is -1.92. The van der Waals surface area contributed by atoms with Gasteiger partial charge in [-0.15, -0.1) is 0 Å². The predicted molar refractivity (Wildman–Crippen MR) is 63.9 cm³/mol. The Morgan fingerprint density at radius 2 is 1.67 bits per heavy atom. The first-order valence-corrected chi connectivity index (χ1v) is 5.67. The van der Waals surface area contributed by atoms with Crippen molar-refractivity contribution in [2.45, 2.75) is 6.42 Å². The van der Waals surface area contributed by atoms with Gasteiger partial charge in [-0.25, -0.2) is 13.2 Å². The number of anilines is 1. The normalized spacial score (nSPS) is 13.3. The Morgan fingerprint density at radius 1 is 0.889 bits per heavy atom. The summed E-state index contributed by atoms with van der Waals surface area (Å²) in [7, 11) is 0. The van der Waals surface area contributed by atoms with Crippen LogP contribution in [0, 0.1) is 17.5 Å². The second-order valence-electron chi connectivity index (χ2n) is 4.29. The summed E-state index contributed by atoms with van der Waals surface area (Å²) in [5, 5.41) is 3.19. The first-order chi connectivity index (χ1) is 8.65. The SMILES string of the molecule is Fc1cc(F)c(-c2ccc3c(c2)CCN3)cc1F. The highest BCUT2D eigenvalue weighted by Crippen LogP contribution is 2.30. The summed E-state index contributed by atoms with van der Waals surface area (Å²) in [5.74, 6) is -2.95. The van der Waals surface area contributed by atoms with Crippen LogP contribution < -0.4 is 5.32 Å². The summed E-state index contributed by atoms with van der Waals surface area (Å²) in [5.41, 5.74) is 2.73. The lowest BCUT2D eigenvalue weighted by molar-refractivity contribution is 0.496. The Morgan fingerprint density at radius 3 is 2.50 bits per heavy atom. The van der Waals surface area contributed by atoms with E-state index in [9.17, 15) is 13.2 Å². The fraction of sp³-hybridized carbons (Fsp3) is 0.143. The third-order valence-corrected chi connectivity index (χ3v) is 3.14. The predicted octanol–water partition coefficient (Wildman–Crippen LogP) is 3.74. The number of fused-ring (bicyclic) bond motifs is 1. The maximum Gasteiger partial charge on any atom is 0.161 e. The number of nitrogens with one attached hydrogen (secondary N) is 1. The highest BCUT2D eigenvalue weighted by atomic mass is 19.2. The van der Waals surface area contributed by atoms with Crippen molar-refractivity contribution in [3.8, 4) is 11.1 Å². The Hall–Kier alpha value is -1.97. The monoisotopic (exact) mass is 249 g/mol. The zero-order chi connectivity index (χ0) is 12.7. The summed E-state index contributed by atoms with van der Waals surface area (Å²) in [6, 6.07) is 6.82. The van der Waals surface area contributed by atoms with Crippen molar-refractivity contribution in [1.82, 2.24) is 0 Å². The average Bonchev–Trinajstić information content (AvgIpc) is 2.80. The van der Waals surface area contributed by atoms with Gasteiger partial charge in [-0.2, -0.15) is 0 Å². The Labute approximate surface area is 102 Å². The maximum absolute atomic E-state index is 13.6. The van der Waals surface area contributed by atoms with Crippen LogP contribution in [0.3, 0.4) is 0 Å². The van der Waals surface area contributed by atoms with Gasteiger partial charge in [0.2, 0.25) is 0 Å². The van der Waals surface area contributed by atoms with Crippen LogP contribution in [0.5, 0.6) is 0 Å². The number of halogens is 3. The van der Waals surface area contributed by atoms with Crippen molar-refractivity contribution < 1.29 is 13.2 Å². The lowest BCUT2D eigenvalue weighted by atomic mass is 10.0. The molecule has 1 heterocycles. The van der Waals surface area contributed by atoms with E-state index in [0.29, 0.717) is 11.6 Å². The molecule has 0 amide bonds. The van der Waals surface area contributed by atoms with E-state index in [2.05, 4.69) is 5.32 Å². The number of rotatable bonds is 1. The van der Waals surface area contributed by atoms with Crippen LogP contribution in [0.2, 0.25) is 0 Å². The van der Waals surface area contributed by atoms with Gasteiger partial charge >= 0.3 is 0 Å². The molecule has 0 unspecified atom stereocenters. The van der Waals surface area contributed by atoms with Crippen LogP contribution in [0.15, 0.2) is 30.3 Å². The molecule has 1 nitrogen and oxygen atoms in total. The number of hydrogen-bond acceptors (Lipinski definition) is 1. The lowest BCUT2D eigenvalue weighted by Gasteiger charge is -2.07.